The molecule has 2 aliphatic rings. The minimum atomic E-state index is -0.368. The van der Waals surface area contributed by atoms with E-state index in [-0.39, 0.29) is 29.8 Å². The lowest BCUT2D eigenvalue weighted by Crippen LogP contribution is -2.54. The molecule has 0 aliphatic carbocycles. The van der Waals surface area contributed by atoms with Crippen LogP contribution in [0.2, 0.25) is 0 Å². The first kappa shape index (κ1) is 15.3. The van der Waals surface area contributed by atoms with Crippen LogP contribution in [-0.2, 0) is 9.59 Å². The van der Waals surface area contributed by atoms with Crippen molar-refractivity contribution in [3.05, 3.63) is 0 Å². The first-order chi connectivity index (χ1) is 9.63. The number of hydrogen-bond acceptors (Lipinski definition) is 3. The Morgan fingerprint density at radius 3 is 2.55 bits per heavy atom. The second-order valence-electron chi connectivity index (χ2n) is 6.05. The minimum Gasteiger partial charge on any atom is -0.343 e. The van der Waals surface area contributed by atoms with Crippen molar-refractivity contribution in [2.24, 2.45) is 5.92 Å². The molecule has 2 saturated heterocycles. The second-order valence-corrected chi connectivity index (χ2v) is 6.05. The molecule has 2 N–H and O–H groups in total. The number of nitrogens with zero attached hydrogens (tertiary/aromatic N) is 1. The van der Waals surface area contributed by atoms with Gasteiger partial charge in [-0.25, -0.2) is 0 Å². The van der Waals surface area contributed by atoms with Crippen LogP contribution in [0.25, 0.3) is 0 Å². The highest BCUT2D eigenvalue weighted by Gasteiger charge is 2.33. The van der Waals surface area contributed by atoms with Gasteiger partial charge in [0.05, 0.1) is 6.04 Å². The van der Waals surface area contributed by atoms with Crippen molar-refractivity contribution in [2.45, 2.75) is 58.0 Å². The van der Waals surface area contributed by atoms with Crippen molar-refractivity contribution in [1.82, 2.24) is 15.5 Å². The molecule has 0 saturated carbocycles. The number of carbonyl (C=O) groups excluding carboxylic acids is 2. The largest absolute Gasteiger partial charge is 0.343 e. The van der Waals surface area contributed by atoms with Gasteiger partial charge in [0.15, 0.2) is 0 Å². The van der Waals surface area contributed by atoms with E-state index in [2.05, 4.69) is 17.6 Å². The fourth-order valence-corrected chi connectivity index (χ4v) is 2.98. The second kappa shape index (κ2) is 7.07. The molecule has 2 fully saturated rings. The number of likely N-dealkylation sites (tertiary alicyclic amines) is 1. The molecule has 3 atom stereocenters. The Labute approximate surface area is 121 Å². The maximum atomic E-state index is 12.6. The summed E-state index contributed by atoms with van der Waals surface area (Å²) in [4.78, 5) is 26.7. The molecular weight excluding hydrogens is 254 g/mol. The Morgan fingerprint density at radius 2 is 2.00 bits per heavy atom. The number of carbonyl (C=O) groups is 2. The lowest BCUT2D eigenvalue weighted by molar-refractivity contribution is -0.137. The third kappa shape index (κ3) is 3.51. The van der Waals surface area contributed by atoms with Crippen LogP contribution in [0.5, 0.6) is 0 Å². The third-order valence-corrected chi connectivity index (χ3v) is 4.57. The van der Waals surface area contributed by atoms with Crippen molar-refractivity contribution in [1.29, 1.82) is 0 Å². The molecule has 0 aromatic rings. The van der Waals surface area contributed by atoms with Gasteiger partial charge in [-0.05, 0) is 38.1 Å². The molecular formula is C15H27N3O2. The molecule has 0 radical (unpaired) electrons. The molecule has 2 heterocycles. The van der Waals surface area contributed by atoms with Gasteiger partial charge in [-0.15, -0.1) is 0 Å². The van der Waals surface area contributed by atoms with Gasteiger partial charge in [0, 0.05) is 13.1 Å². The van der Waals surface area contributed by atoms with E-state index in [1.807, 2.05) is 11.8 Å². The van der Waals surface area contributed by atoms with Crippen molar-refractivity contribution < 1.29 is 9.59 Å². The summed E-state index contributed by atoms with van der Waals surface area (Å²) in [6.07, 6.45) is 4.96. The van der Waals surface area contributed by atoms with E-state index in [4.69, 9.17) is 0 Å². The highest BCUT2D eigenvalue weighted by Crippen LogP contribution is 2.16. The lowest BCUT2D eigenvalue weighted by atomic mass is 9.97. The van der Waals surface area contributed by atoms with Gasteiger partial charge < -0.3 is 15.5 Å². The topological polar surface area (TPSA) is 61.4 Å². The summed E-state index contributed by atoms with van der Waals surface area (Å²) in [5.41, 5.74) is 0. The SMILES string of the molecule is CCC(C)C(NC(=O)C1CCCN1)C(=O)N1CCCC1. The van der Waals surface area contributed by atoms with E-state index in [1.54, 1.807) is 0 Å². The van der Waals surface area contributed by atoms with Crippen LogP contribution in [0.15, 0.2) is 0 Å². The van der Waals surface area contributed by atoms with Crippen LogP contribution < -0.4 is 10.6 Å². The molecule has 0 bridgehead atoms. The highest BCUT2D eigenvalue weighted by molar-refractivity contribution is 5.90. The molecule has 2 rings (SSSR count). The molecule has 0 spiro atoms. The Kier molecular flexibility index (Phi) is 5.40. The first-order valence-corrected chi connectivity index (χ1v) is 7.96. The molecule has 20 heavy (non-hydrogen) atoms. The quantitative estimate of drug-likeness (QED) is 0.787. The summed E-state index contributed by atoms with van der Waals surface area (Å²) in [6.45, 7) is 6.68. The minimum absolute atomic E-state index is 0.0136. The molecule has 3 unspecified atom stereocenters. The van der Waals surface area contributed by atoms with Crippen LogP contribution in [0.1, 0.15) is 46.0 Å². The summed E-state index contributed by atoms with van der Waals surface area (Å²) in [5.74, 6) is 0.261. The van der Waals surface area contributed by atoms with Gasteiger partial charge in [-0.2, -0.15) is 0 Å². The van der Waals surface area contributed by atoms with Gasteiger partial charge in [0.2, 0.25) is 11.8 Å². The molecule has 5 nitrogen and oxygen atoms in total. The Bertz CT molecular complexity index is 347. The van der Waals surface area contributed by atoms with E-state index >= 15 is 0 Å². The molecule has 0 aromatic carbocycles. The van der Waals surface area contributed by atoms with Crippen LogP contribution in [0, 0.1) is 5.92 Å². The predicted molar refractivity (Wildman–Crippen MR) is 78.2 cm³/mol. The maximum absolute atomic E-state index is 12.6. The average molecular weight is 281 g/mol. The van der Waals surface area contributed by atoms with Crippen LogP contribution in [0.4, 0.5) is 0 Å². The van der Waals surface area contributed by atoms with Crippen LogP contribution >= 0.6 is 0 Å². The van der Waals surface area contributed by atoms with E-state index in [0.717, 1.165) is 51.7 Å². The first-order valence-electron chi connectivity index (χ1n) is 7.96. The number of hydrogen-bond donors (Lipinski definition) is 2. The Balaban J connectivity index is 1.98. The molecule has 114 valence electrons. The Hall–Kier alpha value is -1.10. The fraction of sp³-hybridized carbons (Fsp3) is 0.867. The van der Waals surface area contributed by atoms with E-state index < -0.39 is 0 Å². The average Bonchev–Trinajstić information content (AvgIpc) is 3.15. The molecule has 2 amide bonds. The van der Waals surface area contributed by atoms with E-state index in [9.17, 15) is 9.59 Å². The number of rotatable bonds is 5. The van der Waals surface area contributed by atoms with Crippen LogP contribution in [-0.4, -0.2) is 48.4 Å². The summed E-state index contributed by atoms with van der Waals surface area (Å²) in [5, 5.41) is 6.18. The summed E-state index contributed by atoms with van der Waals surface area (Å²) in [7, 11) is 0. The monoisotopic (exact) mass is 281 g/mol. The van der Waals surface area contributed by atoms with Crippen molar-refractivity contribution in [3.63, 3.8) is 0 Å². The number of amides is 2. The third-order valence-electron chi connectivity index (χ3n) is 4.57. The highest BCUT2D eigenvalue weighted by atomic mass is 16.2. The predicted octanol–water partition coefficient (Wildman–Crippen LogP) is 0.892. The smallest absolute Gasteiger partial charge is 0.245 e. The van der Waals surface area contributed by atoms with Crippen LogP contribution in [0.3, 0.4) is 0 Å². The summed E-state index contributed by atoms with van der Waals surface area (Å²) in [6, 6.07) is -0.485. The standard InChI is InChI=1S/C15H27N3O2/c1-3-11(2)13(15(20)18-9-4-5-10-18)17-14(19)12-7-6-8-16-12/h11-13,16H,3-10H2,1-2H3,(H,17,19). The van der Waals surface area contributed by atoms with E-state index in [0.29, 0.717) is 0 Å². The van der Waals surface area contributed by atoms with Crippen molar-refractivity contribution >= 4 is 11.8 Å². The zero-order valence-corrected chi connectivity index (χ0v) is 12.7. The zero-order chi connectivity index (χ0) is 14.5. The number of nitrogens with one attached hydrogen (secondary N) is 2. The van der Waals surface area contributed by atoms with Gasteiger partial charge in [0.1, 0.15) is 6.04 Å². The van der Waals surface area contributed by atoms with Crippen molar-refractivity contribution in [3.8, 4) is 0 Å². The zero-order valence-electron chi connectivity index (χ0n) is 12.7. The van der Waals surface area contributed by atoms with E-state index in [1.165, 1.54) is 0 Å². The lowest BCUT2D eigenvalue weighted by Gasteiger charge is -2.29. The Morgan fingerprint density at radius 1 is 1.30 bits per heavy atom. The molecule has 5 heteroatoms. The van der Waals surface area contributed by atoms with Gasteiger partial charge in [-0.1, -0.05) is 20.3 Å². The summed E-state index contributed by atoms with van der Waals surface area (Å²) >= 11 is 0. The summed E-state index contributed by atoms with van der Waals surface area (Å²) < 4.78 is 0. The van der Waals surface area contributed by atoms with Gasteiger partial charge in [0.25, 0.3) is 0 Å². The van der Waals surface area contributed by atoms with Gasteiger partial charge in [-0.3, -0.25) is 9.59 Å². The fourth-order valence-electron chi connectivity index (χ4n) is 2.98. The van der Waals surface area contributed by atoms with Gasteiger partial charge >= 0.3 is 0 Å². The normalized spacial score (nSPS) is 25.5. The molecule has 0 aromatic heterocycles. The maximum Gasteiger partial charge on any atom is 0.245 e. The van der Waals surface area contributed by atoms with Crippen molar-refractivity contribution in [2.75, 3.05) is 19.6 Å². The molecule has 2 aliphatic heterocycles.